The van der Waals surface area contributed by atoms with Crippen molar-refractivity contribution in [2.75, 3.05) is 31.6 Å². The van der Waals surface area contributed by atoms with Gasteiger partial charge in [0.2, 0.25) is 5.88 Å². The standard InChI is InChI=1S/C26H33N7O2/c1-14-9-28-24(27)19-5-6-21(23(14)19)30-25(34)20-13-33(31-26(20)35-3)12-16-4-7-22(29-15(16)2)32-10-17-8-18(17)11-32/h4,7,13-14,17-18,21H,5-6,8-12H2,1-3H3,(H2,27,28)(H,30,34)/t14?,17?,18?,21-/m1/s1. The lowest BCUT2D eigenvalue weighted by Crippen LogP contribution is -2.38. The molecule has 184 valence electrons. The van der Waals surface area contributed by atoms with E-state index < -0.39 is 0 Å². The summed E-state index contributed by atoms with van der Waals surface area (Å²) in [6.45, 7) is 7.63. The number of carbonyl (C=O) groups is 1. The molecule has 3 N–H and O–H groups in total. The van der Waals surface area contributed by atoms with Crippen LogP contribution in [0.4, 0.5) is 5.82 Å². The molecular formula is C26H33N7O2. The average molecular weight is 476 g/mol. The molecular weight excluding hydrogens is 442 g/mol. The quantitative estimate of drug-likeness (QED) is 0.663. The third-order valence-electron chi connectivity index (χ3n) is 8.07. The first kappa shape index (κ1) is 22.1. The number of nitrogens with two attached hydrogens (primary N) is 1. The number of amides is 1. The van der Waals surface area contributed by atoms with E-state index in [9.17, 15) is 4.79 Å². The summed E-state index contributed by atoms with van der Waals surface area (Å²) in [5.74, 6) is 3.85. The molecule has 9 nitrogen and oxygen atoms in total. The normalized spacial score (nSPS) is 26.9. The number of anilines is 1. The van der Waals surface area contributed by atoms with E-state index >= 15 is 0 Å². The van der Waals surface area contributed by atoms with Crippen LogP contribution in [0.25, 0.3) is 0 Å². The maximum Gasteiger partial charge on any atom is 0.258 e. The molecule has 2 aliphatic heterocycles. The van der Waals surface area contributed by atoms with Crippen LogP contribution in [-0.2, 0) is 6.54 Å². The lowest BCUT2D eigenvalue weighted by atomic mass is 9.92. The van der Waals surface area contributed by atoms with Gasteiger partial charge in [-0.1, -0.05) is 13.0 Å². The number of aliphatic imine (C=N–C) groups is 1. The fourth-order valence-electron chi connectivity index (χ4n) is 6.00. The SMILES string of the molecule is COc1nn(Cc2ccc(N3CC4CC4C3)nc2C)cc1C(=O)N[C@@H]1CCC2=C1C(C)CN=C2N. The first-order valence-corrected chi connectivity index (χ1v) is 12.6. The maximum atomic E-state index is 13.3. The highest BCUT2D eigenvalue weighted by Gasteiger charge is 2.45. The van der Waals surface area contributed by atoms with E-state index in [2.05, 4.69) is 39.4 Å². The summed E-state index contributed by atoms with van der Waals surface area (Å²) in [5, 5.41) is 7.72. The Kier molecular flexibility index (Phi) is 5.30. The van der Waals surface area contributed by atoms with Gasteiger partial charge in [-0.15, -0.1) is 5.10 Å². The number of nitrogens with one attached hydrogen (secondary N) is 1. The zero-order chi connectivity index (χ0) is 24.3. The third-order valence-corrected chi connectivity index (χ3v) is 8.07. The number of carbonyl (C=O) groups excluding carboxylic acids is 1. The number of amidine groups is 1. The number of aromatic nitrogens is 3. The molecule has 4 atom stereocenters. The van der Waals surface area contributed by atoms with Crippen LogP contribution in [-0.4, -0.2) is 59.3 Å². The van der Waals surface area contributed by atoms with Crippen LogP contribution in [0.1, 0.15) is 47.8 Å². The van der Waals surface area contributed by atoms with Gasteiger partial charge in [-0.05, 0) is 66.7 Å². The fraction of sp³-hybridized carbons (Fsp3) is 0.538. The molecule has 3 unspecified atom stereocenters. The number of nitrogens with zero attached hydrogens (tertiary/aromatic N) is 5. The molecule has 4 heterocycles. The molecule has 1 saturated heterocycles. The zero-order valence-corrected chi connectivity index (χ0v) is 20.6. The number of hydrogen-bond donors (Lipinski definition) is 2. The van der Waals surface area contributed by atoms with Crippen molar-refractivity contribution in [3.05, 3.63) is 46.3 Å². The predicted octanol–water partition coefficient (Wildman–Crippen LogP) is 2.30. The second-order valence-corrected chi connectivity index (χ2v) is 10.5. The maximum absolute atomic E-state index is 13.3. The molecule has 0 bridgehead atoms. The summed E-state index contributed by atoms with van der Waals surface area (Å²) in [6, 6.07) is 4.19. The Bertz CT molecular complexity index is 1240. The molecule has 0 radical (unpaired) electrons. The Morgan fingerprint density at radius 1 is 1.29 bits per heavy atom. The largest absolute Gasteiger partial charge is 0.479 e. The Labute approximate surface area is 205 Å². The van der Waals surface area contributed by atoms with E-state index in [0.29, 0.717) is 30.4 Å². The van der Waals surface area contributed by atoms with Crippen LogP contribution >= 0.6 is 0 Å². The van der Waals surface area contributed by atoms with Crippen LogP contribution in [0.3, 0.4) is 0 Å². The van der Waals surface area contributed by atoms with E-state index in [0.717, 1.165) is 60.4 Å². The number of pyridine rings is 1. The molecule has 2 aromatic rings. The van der Waals surface area contributed by atoms with Crippen LogP contribution in [0.2, 0.25) is 0 Å². The van der Waals surface area contributed by atoms with Gasteiger partial charge in [0.15, 0.2) is 0 Å². The molecule has 1 saturated carbocycles. The van der Waals surface area contributed by atoms with Gasteiger partial charge in [-0.3, -0.25) is 14.5 Å². The van der Waals surface area contributed by atoms with E-state index in [1.807, 2.05) is 6.92 Å². The molecule has 0 aromatic carbocycles. The van der Waals surface area contributed by atoms with Gasteiger partial charge in [0.1, 0.15) is 17.2 Å². The van der Waals surface area contributed by atoms with Crippen molar-refractivity contribution in [1.82, 2.24) is 20.1 Å². The molecule has 2 aromatic heterocycles. The molecule has 0 spiro atoms. The molecule has 4 aliphatic rings. The molecule has 1 amide bonds. The molecule has 6 rings (SSSR count). The summed E-state index contributed by atoms with van der Waals surface area (Å²) in [5.41, 5.74) is 10.9. The Balaban J connectivity index is 1.17. The highest BCUT2D eigenvalue weighted by molar-refractivity contribution is 6.00. The summed E-state index contributed by atoms with van der Waals surface area (Å²) in [4.78, 5) is 24.9. The van der Waals surface area contributed by atoms with Gasteiger partial charge in [0.25, 0.3) is 5.91 Å². The number of rotatable bonds is 6. The first-order valence-electron chi connectivity index (χ1n) is 12.6. The summed E-state index contributed by atoms with van der Waals surface area (Å²) in [6.07, 6.45) is 4.83. The van der Waals surface area contributed by atoms with Crippen LogP contribution in [0.15, 0.2) is 34.5 Å². The lowest BCUT2D eigenvalue weighted by molar-refractivity contribution is 0.0938. The van der Waals surface area contributed by atoms with Gasteiger partial charge in [0.05, 0.1) is 19.7 Å². The van der Waals surface area contributed by atoms with Crippen LogP contribution in [0, 0.1) is 24.7 Å². The highest BCUT2D eigenvalue weighted by Crippen LogP contribution is 2.46. The van der Waals surface area contributed by atoms with Gasteiger partial charge < -0.3 is 20.7 Å². The minimum atomic E-state index is -0.182. The minimum Gasteiger partial charge on any atom is -0.479 e. The van der Waals surface area contributed by atoms with Gasteiger partial charge >= 0.3 is 0 Å². The number of ether oxygens (including phenoxy) is 1. The molecule has 9 heteroatoms. The third kappa shape index (κ3) is 3.96. The van der Waals surface area contributed by atoms with Crippen molar-refractivity contribution in [2.45, 2.75) is 45.7 Å². The van der Waals surface area contributed by atoms with Crippen molar-refractivity contribution in [1.29, 1.82) is 0 Å². The van der Waals surface area contributed by atoms with Crippen molar-refractivity contribution in [3.63, 3.8) is 0 Å². The monoisotopic (exact) mass is 475 g/mol. The predicted molar refractivity (Wildman–Crippen MR) is 134 cm³/mol. The topological polar surface area (TPSA) is 111 Å². The van der Waals surface area contributed by atoms with Crippen molar-refractivity contribution < 1.29 is 9.53 Å². The number of dihydropyridines is 1. The van der Waals surface area contributed by atoms with Gasteiger partial charge in [-0.25, -0.2) is 4.98 Å². The van der Waals surface area contributed by atoms with Crippen molar-refractivity contribution >= 4 is 17.6 Å². The fourth-order valence-corrected chi connectivity index (χ4v) is 6.00. The van der Waals surface area contributed by atoms with Crippen molar-refractivity contribution in [3.8, 4) is 5.88 Å². The van der Waals surface area contributed by atoms with Crippen LogP contribution < -0.4 is 20.7 Å². The highest BCUT2D eigenvalue weighted by atomic mass is 16.5. The van der Waals surface area contributed by atoms with Crippen molar-refractivity contribution in [2.24, 2.45) is 28.5 Å². The average Bonchev–Trinajstić information content (AvgIpc) is 3.21. The second kappa shape index (κ2) is 8.39. The van der Waals surface area contributed by atoms with Gasteiger partial charge in [0, 0.05) is 31.5 Å². The second-order valence-electron chi connectivity index (χ2n) is 10.5. The van der Waals surface area contributed by atoms with E-state index in [4.69, 9.17) is 15.5 Å². The van der Waals surface area contributed by atoms with E-state index in [1.54, 1.807) is 18.0 Å². The summed E-state index contributed by atoms with van der Waals surface area (Å²) >= 11 is 0. The molecule has 2 aliphatic carbocycles. The Morgan fingerprint density at radius 2 is 2.09 bits per heavy atom. The van der Waals surface area contributed by atoms with Gasteiger partial charge in [-0.2, -0.15) is 0 Å². The number of methoxy groups -OCH3 is 1. The lowest BCUT2D eigenvalue weighted by Gasteiger charge is -2.24. The van der Waals surface area contributed by atoms with E-state index in [1.165, 1.54) is 12.0 Å². The van der Waals surface area contributed by atoms with E-state index in [-0.39, 0.29) is 17.9 Å². The summed E-state index contributed by atoms with van der Waals surface area (Å²) in [7, 11) is 1.54. The summed E-state index contributed by atoms with van der Waals surface area (Å²) < 4.78 is 7.22. The minimum absolute atomic E-state index is 0.0368. The Hall–Kier alpha value is -3.36. The number of aryl methyl sites for hydroxylation is 1. The molecule has 2 fully saturated rings. The first-order chi connectivity index (χ1) is 16.9. The molecule has 35 heavy (non-hydrogen) atoms. The number of hydrogen-bond acceptors (Lipinski definition) is 7. The number of piperidine rings is 1. The smallest absolute Gasteiger partial charge is 0.258 e. The number of fused-ring (bicyclic) bond motifs is 1. The Morgan fingerprint density at radius 3 is 2.83 bits per heavy atom. The zero-order valence-electron chi connectivity index (χ0n) is 20.6. The van der Waals surface area contributed by atoms with Crippen LogP contribution in [0.5, 0.6) is 5.88 Å².